The second-order valence-corrected chi connectivity index (χ2v) is 9.27. The van der Waals surface area contributed by atoms with E-state index in [1.807, 2.05) is 30.5 Å². The summed E-state index contributed by atoms with van der Waals surface area (Å²) in [5.74, 6) is 2.28. The molecule has 1 heterocycles. The van der Waals surface area contributed by atoms with Crippen molar-refractivity contribution in [3.05, 3.63) is 102 Å². The van der Waals surface area contributed by atoms with Gasteiger partial charge in [0.2, 0.25) is 0 Å². The summed E-state index contributed by atoms with van der Waals surface area (Å²) < 4.78 is 0. The van der Waals surface area contributed by atoms with E-state index in [4.69, 9.17) is 0 Å². The molecule has 3 atom stereocenters. The van der Waals surface area contributed by atoms with Gasteiger partial charge in [-0.25, -0.2) is 0 Å². The summed E-state index contributed by atoms with van der Waals surface area (Å²) in [7, 11) is 0. The Bertz CT molecular complexity index is 1320. The maximum absolute atomic E-state index is 4.18. The van der Waals surface area contributed by atoms with Gasteiger partial charge in [-0.2, -0.15) is 0 Å². The van der Waals surface area contributed by atoms with E-state index in [0.29, 0.717) is 0 Å². The fourth-order valence-corrected chi connectivity index (χ4v) is 5.54. The fourth-order valence-electron chi connectivity index (χ4n) is 5.54. The molecule has 1 aromatic heterocycles. The van der Waals surface area contributed by atoms with E-state index in [-0.39, 0.29) is 0 Å². The van der Waals surface area contributed by atoms with Gasteiger partial charge in [0.15, 0.2) is 0 Å². The Balaban J connectivity index is 0.000000180. The van der Waals surface area contributed by atoms with Crippen molar-refractivity contribution in [2.24, 2.45) is 11.8 Å². The first kappa shape index (κ1) is 20.7. The van der Waals surface area contributed by atoms with E-state index in [1.54, 1.807) is 11.1 Å². The second-order valence-electron chi connectivity index (χ2n) is 9.27. The number of para-hydroxylation sites is 1. The summed E-state index contributed by atoms with van der Waals surface area (Å²) >= 11 is 0. The molecule has 0 fully saturated rings. The average molecular weight is 418 g/mol. The molecule has 0 aliphatic heterocycles. The third-order valence-corrected chi connectivity index (χ3v) is 7.48. The number of hydrogen-bond donors (Lipinski definition) is 0. The van der Waals surface area contributed by atoms with Crippen LogP contribution in [-0.4, -0.2) is 4.98 Å². The summed E-state index contributed by atoms with van der Waals surface area (Å²) in [6, 6.07) is 30.3. The number of benzene rings is 4. The molecule has 5 aromatic rings. The van der Waals surface area contributed by atoms with Crippen LogP contribution in [0.15, 0.2) is 91.1 Å². The summed E-state index contributed by atoms with van der Waals surface area (Å²) in [4.78, 5) is 4.18. The van der Waals surface area contributed by atoms with Crippen molar-refractivity contribution in [2.75, 3.05) is 0 Å². The Morgan fingerprint density at radius 2 is 1.44 bits per heavy atom. The quantitative estimate of drug-likeness (QED) is 0.249. The lowest BCUT2D eigenvalue weighted by atomic mass is 9.68. The van der Waals surface area contributed by atoms with Crippen LogP contribution in [0.3, 0.4) is 0 Å². The molecular formula is C31H31N. The standard InChI is InChI=1S/C22H24.C9H7N/c1-4-17-15(3)14(2)13-22-19(17)11-12-20-18-8-6-5-7-16(18)9-10-21(20)22;1-2-6-9-8(4-1)5-3-7-10-9/h5-12,14-15,17H,4,13H2,1-3H3;1-7H. The van der Waals surface area contributed by atoms with E-state index in [9.17, 15) is 0 Å². The maximum Gasteiger partial charge on any atom is 0.0701 e. The van der Waals surface area contributed by atoms with Crippen LogP contribution in [-0.2, 0) is 6.42 Å². The van der Waals surface area contributed by atoms with Crippen molar-refractivity contribution in [3.63, 3.8) is 0 Å². The number of hydrogen-bond acceptors (Lipinski definition) is 1. The van der Waals surface area contributed by atoms with Gasteiger partial charge in [-0.15, -0.1) is 0 Å². The van der Waals surface area contributed by atoms with Crippen molar-refractivity contribution in [2.45, 2.75) is 39.5 Å². The lowest BCUT2D eigenvalue weighted by molar-refractivity contribution is 0.295. The number of fused-ring (bicyclic) bond motifs is 6. The zero-order valence-electron chi connectivity index (χ0n) is 19.3. The zero-order valence-corrected chi connectivity index (χ0v) is 19.3. The normalized spacial score (nSPS) is 20.0. The SMILES string of the molecule is CCC1c2ccc3c(ccc4ccccc43)c2CC(C)C1C.c1ccc2ncccc2c1. The molecule has 32 heavy (non-hydrogen) atoms. The highest BCUT2D eigenvalue weighted by Gasteiger charge is 2.31. The molecule has 1 heteroatoms. The topological polar surface area (TPSA) is 12.9 Å². The van der Waals surface area contributed by atoms with Gasteiger partial charge in [-0.1, -0.05) is 93.6 Å². The summed E-state index contributed by atoms with van der Waals surface area (Å²) in [5.41, 5.74) is 4.28. The molecule has 160 valence electrons. The summed E-state index contributed by atoms with van der Waals surface area (Å²) in [6.45, 7) is 7.20. The molecule has 4 aromatic carbocycles. The minimum Gasteiger partial charge on any atom is -0.256 e. The average Bonchev–Trinajstić information content (AvgIpc) is 2.85. The van der Waals surface area contributed by atoms with Crippen molar-refractivity contribution in [3.8, 4) is 0 Å². The lowest BCUT2D eigenvalue weighted by Crippen LogP contribution is -2.25. The third-order valence-electron chi connectivity index (χ3n) is 7.48. The van der Waals surface area contributed by atoms with Crippen LogP contribution in [0.1, 0.15) is 44.2 Å². The molecule has 6 rings (SSSR count). The van der Waals surface area contributed by atoms with Crippen LogP contribution in [0.5, 0.6) is 0 Å². The van der Waals surface area contributed by atoms with Gasteiger partial charge in [0.25, 0.3) is 0 Å². The van der Waals surface area contributed by atoms with E-state index < -0.39 is 0 Å². The highest BCUT2D eigenvalue weighted by Crippen LogP contribution is 2.44. The van der Waals surface area contributed by atoms with E-state index in [1.165, 1.54) is 39.8 Å². The molecule has 1 aliphatic rings. The van der Waals surface area contributed by atoms with Crippen LogP contribution >= 0.6 is 0 Å². The fraction of sp³-hybridized carbons (Fsp3) is 0.258. The van der Waals surface area contributed by atoms with Gasteiger partial charge in [0, 0.05) is 11.6 Å². The van der Waals surface area contributed by atoms with E-state index in [0.717, 1.165) is 23.3 Å². The molecule has 0 N–H and O–H groups in total. The lowest BCUT2D eigenvalue weighted by Gasteiger charge is -2.36. The molecule has 0 bridgehead atoms. The Kier molecular flexibility index (Phi) is 5.66. The zero-order chi connectivity index (χ0) is 22.1. The first-order valence-corrected chi connectivity index (χ1v) is 11.9. The van der Waals surface area contributed by atoms with Gasteiger partial charge < -0.3 is 0 Å². The molecule has 0 saturated carbocycles. The van der Waals surface area contributed by atoms with Crippen molar-refractivity contribution >= 4 is 32.4 Å². The molecule has 1 aliphatic carbocycles. The second kappa shape index (κ2) is 8.74. The minimum atomic E-state index is 0.717. The van der Waals surface area contributed by atoms with Crippen LogP contribution in [0.4, 0.5) is 0 Å². The predicted molar refractivity (Wildman–Crippen MR) is 138 cm³/mol. The number of rotatable bonds is 1. The van der Waals surface area contributed by atoms with Gasteiger partial charge >= 0.3 is 0 Å². The minimum absolute atomic E-state index is 0.717. The molecular weight excluding hydrogens is 386 g/mol. The number of nitrogens with zero attached hydrogens (tertiary/aromatic N) is 1. The van der Waals surface area contributed by atoms with Gasteiger partial charge in [0.1, 0.15) is 0 Å². The van der Waals surface area contributed by atoms with Crippen LogP contribution in [0.2, 0.25) is 0 Å². The summed E-state index contributed by atoms with van der Waals surface area (Å²) in [6.07, 6.45) is 4.28. The predicted octanol–water partition coefficient (Wildman–Crippen LogP) is 8.55. The van der Waals surface area contributed by atoms with Gasteiger partial charge in [-0.05, 0) is 75.4 Å². The van der Waals surface area contributed by atoms with Crippen LogP contribution in [0.25, 0.3) is 32.4 Å². The number of pyridine rings is 1. The Hall–Kier alpha value is -3.19. The molecule has 1 nitrogen and oxygen atoms in total. The van der Waals surface area contributed by atoms with E-state index >= 15 is 0 Å². The van der Waals surface area contributed by atoms with E-state index in [2.05, 4.69) is 86.4 Å². The molecule has 3 unspecified atom stereocenters. The first-order valence-electron chi connectivity index (χ1n) is 11.9. The largest absolute Gasteiger partial charge is 0.256 e. The Morgan fingerprint density at radius 1 is 0.719 bits per heavy atom. The molecule has 0 amide bonds. The first-order chi connectivity index (χ1) is 15.7. The molecule has 0 spiro atoms. The van der Waals surface area contributed by atoms with Gasteiger partial charge in [0.05, 0.1) is 5.52 Å². The smallest absolute Gasteiger partial charge is 0.0701 e. The van der Waals surface area contributed by atoms with Crippen molar-refractivity contribution in [1.82, 2.24) is 4.98 Å². The highest BCUT2D eigenvalue weighted by atomic mass is 14.6. The molecule has 0 radical (unpaired) electrons. The maximum atomic E-state index is 4.18. The van der Waals surface area contributed by atoms with Crippen molar-refractivity contribution < 1.29 is 0 Å². The van der Waals surface area contributed by atoms with Gasteiger partial charge in [-0.3, -0.25) is 4.98 Å². The molecule has 0 saturated heterocycles. The highest BCUT2D eigenvalue weighted by molar-refractivity contribution is 6.08. The Morgan fingerprint density at radius 3 is 2.25 bits per heavy atom. The van der Waals surface area contributed by atoms with Crippen LogP contribution in [0, 0.1) is 11.8 Å². The van der Waals surface area contributed by atoms with Crippen LogP contribution < -0.4 is 0 Å². The van der Waals surface area contributed by atoms with Crippen molar-refractivity contribution in [1.29, 1.82) is 0 Å². The summed E-state index contributed by atoms with van der Waals surface area (Å²) in [5, 5.41) is 6.84. The third kappa shape index (κ3) is 3.66. The number of aromatic nitrogens is 1. The monoisotopic (exact) mass is 417 g/mol. The Labute approximate surface area is 191 Å².